The number of nitrogens with one attached hydrogen (secondary N) is 2. The van der Waals surface area contributed by atoms with E-state index in [-0.39, 0.29) is 57.8 Å². The van der Waals surface area contributed by atoms with Gasteiger partial charge in [-0.3, -0.25) is 49.2 Å². The first kappa shape index (κ1) is 34.1. The molecule has 0 atom stereocenters. The first-order chi connectivity index (χ1) is 19.0. The Balaban J connectivity index is 0.000000402. The number of urea groups is 2. The van der Waals surface area contributed by atoms with Gasteiger partial charge in [0.15, 0.2) is 0 Å². The molecule has 2 saturated heterocycles. The third kappa shape index (κ3) is 14.9. The third-order valence-corrected chi connectivity index (χ3v) is 5.15. The number of rotatable bonds is 16. The van der Waals surface area contributed by atoms with Gasteiger partial charge < -0.3 is 18.9 Å². The summed E-state index contributed by atoms with van der Waals surface area (Å²) in [5.74, 6) is -2.78. The summed E-state index contributed by atoms with van der Waals surface area (Å²) < 4.78 is 19.8. The van der Waals surface area contributed by atoms with Crippen LogP contribution in [0, 0.1) is 0 Å². The normalized spacial score (nSPS) is 15.2. The van der Waals surface area contributed by atoms with E-state index in [4.69, 9.17) is 14.2 Å². The molecule has 2 fully saturated rings. The highest BCUT2D eigenvalue weighted by atomic mass is 16.6. The molecule has 2 aliphatic rings. The number of unbranched alkanes of at least 4 members (excludes halogenated alkanes) is 3. The molecule has 0 aliphatic carbocycles. The molecule has 224 valence electrons. The number of carbonyl (C=O) groups is 8. The number of amides is 8. The number of esters is 2. The average Bonchev–Trinajstić information content (AvgIpc) is 2.85. The van der Waals surface area contributed by atoms with E-state index in [9.17, 15) is 38.4 Å². The molecule has 0 aromatic heterocycles. The minimum atomic E-state index is -0.725. The summed E-state index contributed by atoms with van der Waals surface area (Å²) in [6, 6.07) is -1.36. The Bertz CT molecular complexity index is 899. The molecule has 2 rings (SSSR count). The minimum absolute atomic E-state index is 0.0748. The van der Waals surface area contributed by atoms with Crippen LogP contribution < -0.4 is 10.6 Å². The predicted molar refractivity (Wildman–Crippen MR) is 133 cm³/mol. The summed E-state index contributed by atoms with van der Waals surface area (Å²) >= 11 is 0. The van der Waals surface area contributed by atoms with Crippen molar-refractivity contribution >= 4 is 47.6 Å². The van der Waals surface area contributed by atoms with Gasteiger partial charge in [0.25, 0.3) is 0 Å². The fourth-order valence-corrected chi connectivity index (χ4v) is 3.27. The molecule has 0 bridgehead atoms. The van der Waals surface area contributed by atoms with Crippen molar-refractivity contribution < 1.29 is 57.3 Å². The number of imide groups is 4. The van der Waals surface area contributed by atoms with Crippen LogP contribution in [-0.4, -0.2) is 110 Å². The summed E-state index contributed by atoms with van der Waals surface area (Å²) in [5.41, 5.74) is 0. The van der Waals surface area contributed by atoms with Gasteiger partial charge in [0.2, 0.25) is 23.6 Å². The second-order valence-corrected chi connectivity index (χ2v) is 8.47. The van der Waals surface area contributed by atoms with Crippen LogP contribution in [0.15, 0.2) is 0 Å². The number of barbiturate groups is 2. The van der Waals surface area contributed by atoms with Gasteiger partial charge in [-0.05, 0) is 19.3 Å². The molecule has 0 unspecified atom stereocenters. The highest BCUT2D eigenvalue weighted by molar-refractivity contribution is 6.14. The fourth-order valence-electron chi connectivity index (χ4n) is 3.27. The summed E-state index contributed by atoms with van der Waals surface area (Å²) in [6.45, 7) is 4.66. The van der Waals surface area contributed by atoms with Crippen LogP contribution in [-0.2, 0) is 47.7 Å². The highest BCUT2D eigenvalue weighted by Crippen LogP contribution is 2.07. The van der Waals surface area contributed by atoms with E-state index in [2.05, 4.69) is 10.1 Å². The average molecular weight is 573 g/mol. The molecular formula is C24H36N4O12. The zero-order valence-corrected chi connectivity index (χ0v) is 22.7. The highest BCUT2D eigenvalue weighted by Gasteiger charge is 2.31. The van der Waals surface area contributed by atoms with Gasteiger partial charge in [-0.25, -0.2) is 9.59 Å². The third-order valence-electron chi connectivity index (χ3n) is 5.15. The fraction of sp³-hybridized carbons (Fsp3) is 0.667. The SMILES string of the molecule is CC(=O)OCCCCCCN1C(=O)CC(=O)NC1=O.CC(=O)OCCOCCOCCN1C(=O)CC(=O)NC1=O. The van der Waals surface area contributed by atoms with Crippen molar-refractivity contribution in [1.29, 1.82) is 0 Å². The number of nitrogens with zero attached hydrogens (tertiary/aromatic N) is 2. The molecule has 2 aliphatic heterocycles. The first-order valence-corrected chi connectivity index (χ1v) is 12.7. The molecule has 2 N–H and O–H groups in total. The van der Waals surface area contributed by atoms with Gasteiger partial charge >= 0.3 is 24.0 Å². The molecule has 0 aromatic rings. The first-order valence-electron chi connectivity index (χ1n) is 12.7. The monoisotopic (exact) mass is 572 g/mol. The van der Waals surface area contributed by atoms with Gasteiger partial charge in [0.1, 0.15) is 19.4 Å². The van der Waals surface area contributed by atoms with Crippen molar-refractivity contribution in [2.75, 3.05) is 52.7 Å². The Hall–Kier alpha value is -3.92. The lowest BCUT2D eigenvalue weighted by Gasteiger charge is -2.24. The number of hydrogen-bond acceptors (Lipinski definition) is 12. The maximum atomic E-state index is 11.4. The topological polar surface area (TPSA) is 204 Å². The van der Waals surface area contributed by atoms with Crippen LogP contribution in [0.25, 0.3) is 0 Å². The molecule has 16 nitrogen and oxygen atoms in total. The van der Waals surface area contributed by atoms with Crippen molar-refractivity contribution in [3.63, 3.8) is 0 Å². The van der Waals surface area contributed by atoms with E-state index in [0.29, 0.717) is 26.2 Å². The summed E-state index contributed by atoms with van der Waals surface area (Å²) in [5, 5.41) is 4.15. The second-order valence-electron chi connectivity index (χ2n) is 8.47. The Morgan fingerprint density at radius 1 is 0.600 bits per heavy atom. The van der Waals surface area contributed by atoms with Crippen LogP contribution >= 0.6 is 0 Å². The summed E-state index contributed by atoms with van der Waals surface area (Å²) in [6.07, 6.45) is 2.52. The molecule has 8 amide bonds. The van der Waals surface area contributed by atoms with E-state index in [1.807, 2.05) is 5.32 Å². The smallest absolute Gasteiger partial charge is 0.330 e. The van der Waals surface area contributed by atoms with Gasteiger partial charge in [-0.1, -0.05) is 6.42 Å². The summed E-state index contributed by atoms with van der Waals surface area (Å²) in [4.78, 5) is 90.4. The van der Waals surface area contributed by atoms with Crippen LogP contribution in [0.2, 0.25) is 0 Å². The predicted octanol–water partition coefficient (Wildman–Crippen LogP) is -0.370. The lowest BCUT2D eigenvalue weighted by Crippen LogP contribution is -2.53. The number of carbonyl (C=O) groups excluding carboxylic acids is 8. The van der Waals surface area contributed by atoms with Gasteiger partial charge in [-0.2, -0.15) is 0 Å². The van der Waals surface area contributed by atoms with E-state index in [1.54, 1.807) is 0 Å². The lowest BCUT2D eigenvalue weighted by atomic mass is 10.2. The van der Waals surface area contributed by atoms with Crippen molar-refractivity contribution in [2.24, 2.45) is 0 Å². The molecular weight excluding hydrogens is 536 g/mol. The van der Waals surface area contributed by atoms with Crippen LogP contribution in [0.4, 0.5) is 9.59 Å². The molecule has 16 heteroatoms. The van der Waals surface area contributed by atoms with Crippen molar-refractivity contribution in [2.45, 2.75) is 52.4 Å². The second kappa shape index (κ2) is 19.2. The van der Waals surface area contributed by atoms with Gasteiger partial charge in [0, 0.05) is 20.4 Å². The van der Waals surface area contributed by atoms with E-state index >= 15 is 0 Å². The van der Waals surface area contributed by atoms with Crippen LogP contribution in [0.1, 0.15) is 52.4 Å². The van der Waals surface area contributed by atoms with Crippen molar-refractivity contribution in [3.8, 4) is 0 Å². The van der Waals surface area contributed by atoms with Crippen molar-refractivity contribution in [1.82, 2.24) is 20.4 Å². The van der Waals surface area contributed by atoms with Crippen molar-refractivity contribution in [3.05, 3.63) is 0 Å². The molecule has 40 heavy (non-hydrogen) atoms. The van der Waals surface area contributed by atoms with Crippen LogP contribution in [0.5, 0.6) is 0 Å². The van der Waals surface area contributed by atoms with E-state index in [1.165, 1.54) is 13.8 Å². The zero-order chi connectivity index (χ0) is 29.9. The Kier molecular flexibility index (Phi) is 16.4. The maximum absolute atomic E-state index is 11.4. The van der Waals surface area contributed by atoms with Gasteiger partial charge in [0.05, 0.1) is 39.6 Å². The van der Waals surface area contributed by atoms with E-state index in [0.717, 1.165) is 29.1 Å². The molecule has 0 saturated carbocycles. The maximum Gasteiger partial charge on any atom is 0.330 e. The lowest BCUT2D eigenvalue weighted by molar-refractivity contribution is -0.143. The zero-order valence-electron chi connectivity index (χ0n) is 22.7. The molecule has 0 aromatic carbocycles. The Labute approximate surface area is 230 Å². The standard InChI is InChI=1S/C12H18N2O7.C12H18N2O5/c1-9(15)21-7-6-20-5-4-19-3-2-14-11(17)8-10(16)13-12(14)18;1-9(15)19-7-5-3-2-4-6-14-11(17)8-10(16)13-12(14)18/h2-8H2,1H3,(H,13,16,18);2-8H2,1H3,(H,13,16,18). The molecule has 0 radical (unpaired) electrons. The largest absolute Gasteiger partial charge is 0.466 e. The molecule has 2 heterocycles. The summed E-state index contributed by atoms with van der Waals surface area (Å²) in [7, 11) is 0. The van der Waals surface area contributed by atoms with E-state index < -0.39 is 35.7 Å². The minimum Gasteiger partial charge on any atom is -0.466 e. The Morgan fingerprint density at radius 2 is 1.05 bits per heavy atom. The number of hydrogen-bond donors (Lipinski definition) is 2. The molecule has 0 spiro atoms. The van der Waals surface area contributed by atoms with Crippen LogP contribution in [0.3, 0.4) is 0 Å². The Morgan fingerprint density at radius 3 is 1.57 bits per heavy atom. The van der Waals surface area contributed by atoms with Gasteiger partial charge in [-0.15, -0.1) is 0 Å². The quantitative estimate of drug-likeness (QED) is 0.138. The number of ether oxygens (including phenoxy) is 4.